The van der Waals surface area contributed by atoms with Crippen LogP contribution in [0.2, 0.25) is 5.02 Å². The molecule has 2 rings (SSSR count). The minimum atomic E-state index is -0.0773. The normalized spacial score (nSPS) is 17.3. The molecule has 1 aliphatic rings. The van der Waals surface area contributed by atoms with Crippen molar-refractivity contribution in [3.8, 4) is 11.5 Å². The number of thioether (sulfide) groups is 1. The van der Waals surface area contributed by atoms with Crippen LogP contribution in [-0.2, 0) is 4.79 Å². The topological polar surface area (TPSA) is 38.8 Å². The number of likely N-dealkylation sites (N-methyl/N-ethyl adjacent to an activating group) is 1. The van der Waals surface area contributed by atoms with E-state index in [2.05, 4.69) is 0 Å². The number of ether oxygens (including phenoxy) is 2. The number of carbonyl (C=O) groups excluding carboxylic acids is 1. The van der Waals surface area contributed by atoms with E-state index in [1.54, 1.807) is 17.0 Å². The Balaban J connectivity index is 2.38. The highest BCUT2D eigenvalue weighted by molar-refractivity contribution is 8.26. The fourth-order valence-electron chi connectivity index (χ4n) is 2.26. The summed E-state index contributed by atoms with van der Waals surface area (Å²) in [5, 5.41) is 0.462. The van der Waals surface area contributed by atoms with E-state index in [1.807, 2.05) is 33.8 Å². The van der Waals surface area contributed by atoms with Crippen LogP contribution in [0.4, 0.5) is 0 Å². The summed E-state index contributed by atoms with van der Waals surface area (Å²) in [6, 6.07) is 3.62. The Morgan fingerprint density at radius 3 is 2.64 bits per heavy atom. The van der Waals surface area contributed by atoms with Crippen molar-refractivity contribution in [2.75, 3.05) is 13.2 Å². The van der Waals surface area contributed by atoms with Gasteiger partial charge in [-0.05, 0) is 51.0 Å². The zero-order chi connectivity index (χ0) is 18.6. The van der Waals surface area contributed by atoms with Gasteiger partial charge in [-0.15, -0.1) is 0 Å². The average Bonchev–Trinajstić information content (AvgIpc) is 2.84. The lowest BCUT2D eigenvalue weighted by molar-refractivity contribution is -0.121. The molecule has 1 atom stereocenters. The van der Waals surface area contributed by atoms with Gasteiger partial charge in [0, 0.05) is 6.54 Å². The molecule has 1 aromatic carbocycles. The number of benzene rings is 1. The number of hydrogen-bond donors (Lipinski definition) is 0. The Kier molecular flexibility index (Phi) is 7.16. The summed E-state index contributed by atoms with van der Waals surface area (Å²) in [6.07, 6.45) is 2.68. The van der Waals surface area contributed by atoms with Gasteiger partial charge in [0.25, 0.3) is 5.91 Å². The van der Waals surface area contributed by atoms with Gasteiger partial charge < -0.3 is 9.47 Å². The third kappa shape index (κ3) is 4.68. The van der Waals surface area contributed by atoms with E-state index in [9.17, 15) is 4.79 Å². The van der Waals surface area contributed by atoms with Crippen molar-refractivity contribution in [3.63, 3.8) is 0 Å². The molecule has 1 heterocycles. The first-order valence-corrected chi connectivity index (χ1v) is 9.89. The Bertz CT molecular complexity index is 706. The van der Waals surface area contributed by atoms with Crippen molar-refractivity contribution in [2.24, 2.45) is 0 Å². The molecule has 1 amide bonds. The van der Waals surface area contributed by atoms with Gasteiger partial charge in [0.2, 0.25) is 0 Å². The van der Waals surface area contributed by atoms with Crippen LogP contribution >= 0.6 is 35.6 Å². The summed E-state index contributed by atoms with van der Waals surface area (Å²) in [6.45, 7) is 8.89. The maximum absolute atomic E-state index is 12.4. The van der Waals surface area contributed by atoms with Crippen LogP contribution in [0.25, 0.3) is 6.08 Å². The zero-order valence-corrected chi connectivity index (χ0v) is 17.2. The molecule has 1 unspecified atom stereocenters. The van der Waals surface area contributed by atoms with Crippen molar-refractivity contribution in [1.82, 2.24) is 4.90 Å². The molecular formula is C18H22ClNO3S2. The number of rotatable bonds is 7. The summed E-state index contributed by atoms with van der Waals surface area (Å²) in [5.41, 5.74) is 0.779. The van der Waals surface area contributed by atoms with E-state index in [1.165, 1.54) is 11.8 Å². The molecule has 0 radical (unpaired) electrons. The van der Waals surface area contributed by atoms with Crippen LogP contribution in [0.5, 0.6) is 11.5 Å². The van der Waals surface area contributed by atoms with Gasteiger partial charge in [-0.1, -0.05) is 42.5 Å². The van der Waals surface area contributed by atoms with Crippen molar-refractivity contribution >= 4 is 51.9 Å². The van der Waals surface area contributed by atoms with E-state index >= 15 is 0 Å². The van der Waals surface area contributed by atoms with E-state index in [4.69, 9.17) is 33.3 Å². The maximum Gasteiger partial charge on any atom is 0.266 e. The van der Waals surface area contributed by atoms with Gasteiger partial charge in [0.05, 0.1) is 22.6 Å². The summed E-state index contributed by atoms with van der Waals surface area (Å²) in [4.78, 5) is 14.5. The van der Waals surface area contributed by atoms with Gasteiger partial charge >= 0.3 is 0 Å². The molecule has 0 bridgehead atoms. The van der Waals surface area contributed by atoms with Gasteiger partial charge in [-0.25, -0.2) is 0 Å². The minimum absolute atomic E-state index is 0.0309. The summed E-state index contributed by atoms with van der Waals surface area (Å²) < 4.78 is 12.2. The van der Waals surface area contributed by atoms with Gasteiger partial charge in [0.1, 0.15) is 4.32 Å². The molecule has 0 N–H and O–H groups in total. The number of amides is 1. The number of carbonyl (C=O) groups is 1. The lowest BCUT2D eigenvalue weighted by Crippen LogP contribution is -2.27. The first-order valence-electron chi connectivity index (χ1n) is 8.29. The van der Waals surface area contributed by atoms with Crippen molar-refractivity contribution in [3.05, 3.63) is 27.6 Å². The number of nitrogens with zero attached hydrogens (tertiary/aromatic N) is 1. The maximum atomic E-state index is 12.4. The van der Waals surface area contributed by atoms with Crippen LogP contribution < -0.4 is 9.47 Å². The molecule has 1 aromatic rings. The van der Waals surface area contributed by atoms with Gasteiger partial charge in [-0.3, -0.25) is 9.69 Å². The molecule has 0 spiro atoms. The first-order chi connectivity index (χ1) is 11.9. The highest BCUT2D eigenvalue weighted by Crippen LogP contribution is 2.39. The fraction of sp³-hybridized carbons (Fsp3) is 0.444. The molecule has 4 nitrogen and oxygen atoms in total. The Morgan fingerprint density at radius 1 is 1.36 bits per heavy atom. The molecule has 136 valence electrons. The Morgan fingerprint density at radius 2 is 2.08 bits per heavy atom. The Hall–Kier alpha value is -1.24. The predicted molar refractivity (Wildman–Crippen MR) is 109 cm³/mol. The Labute approximate surface area is 163 Å². The fourth-order valence-corrected chi connectivity index (χ4v) is 3.90. The second kappa shape index (κ2) is 8.92. The highest BCUT2D eigenvalue weighted by atomic mass is 35.5. The minimum Gasteiger partial charge on any atom is -0.490 e. The molecule has 1 saturated heterocycles. The quantitative estimate of drug-likeness (QED) is 0.469. The third-order valence-electron chi connectivity index (χ3n) is 3.71. The monoisotopic (exact) mass is 399 g/mol. The predicted octanol–water partition coefficient (Wildman–Crippen LogP) is 5.14. The molecular weight excluding hydrogens is 378 g/mol. The average molecular weight is 400 g/mol. The van der Waals surface area contributed by atoms with E-state index in [0.717, 1.165) is 12.0 Å². The second-order valence-corrected chi connectivity index (χ2v) is 7.61. The van der Waals surface area contributed by atoms with Crippen LogP contribution in [0, 0.1) is 0 Å². The number of hydrogen-bond acceptors (Lipinski definition) is 5. The van der Waals surface area contributed by atoms with Gasteiger partial charge in [-0.2, -0.15) is 0 Å². The van der Waals surface area contributed by atoms with Crippen LogP contribution in [-0.4, -0.2) is 34.4 Å². The smallest absolute Gasteiger partial charge is 0.266 e. The van der Waals surface area contributed by atoms with Crippen molar-refractivity contribution in [2.45, 2.75) is 40.2 Å². The van der Waals surface area contributed by atoms with Crippen LogP contribution in [0.1, 0.15) is 39.7 Å². The van der Waals surface area contributed by atoms with E-state index in [-0.39, 0.29) is 12.0 Å². The number of halogens is 1. The molecule has 25 heavy (non-hydrogen) atoms. The van der Waals surface area contributed by atoms with Crippen LogP contribution in [0.15, 0.2) is 17.0 Å². The lowest BCUT2D eigenvalue weighted by Gasteiger charge is -2.18. The molecule has 0 aliphatic carbocycles. The van der Waals surface area contributed by atoms with Gasteiger partial charge in [0.15, 0.2) is 11.5 Å². The van der Waals surface area contributed by atoms with Crippen molar-refractivity contribution in [1.29, 1.82) is 0 Å². The third-order valence-corrected chi connectivity index (χ3v) is 5.37. The molecule has 7 heteroatoms. The summed E-state index contributed by atoms with van der Waals surface area (Å²) in [7, 11) is 0. The lowest BCUT2D eigenvalue weighted by atomic mass is 10.1. The molecule has 1 fully saturated rings. The van der Waals surface area contributed by atoms with E-state index < -0.39 is 0 Å². The number of thiocarbonyl (C=S) groups is 1. The molecule has 1 aliphatic heterocycles. The van der Waals surface area contributed by atoms with Crippen molar-refractivity contribution < 1.29 is 14.3 Å². The summed E-state index contributed by atoms with van der Waals surface area (Å²) in [5.74, 6) is 1.04. The molecule has 0 aromatic heterocycles. The zero-order valence-electron chi connectivity index (χ0n) is 14.8. The SMILES string of the molecule is CCOc1cc(C=C2SC(=S)N(CC)C2=O)cc(Cl)c1OC(C)CC. The largest absolute Gasteiger partial charge is 0.490 e. The first kappa shape index (κ1) is 20.1. The van der Waals surface area contributed by atoms with Crippen LogP contribution in [0.3, 0.4) is 0 Å². The standard InChI is InChI=1S/C18H22ClNO3S2/c1-5-11(4)23-16-13(19)8-12(9-14(16)22-7-3)10-15-17(21)20(6-2)18(24)25-15/h8-11H,5-7H2,1-4H3. The van der Waals surface area contributed by atoms with E-state index in [0.29, 0.717) is 38.9 Å². The highest BCUT2D eigenvalue weighted by Gasteiger charge is 2.30. The molecule has 0 saturated carbocycles. The summed E-state index contributed by atoms with van der Waals surface area (Å²) >= 11 is 13.0. The second-order valence-electron chi connectivity index (χ2n) is 5.53.